The molecular formula is C14H19N3O4. The minimum atomic E-state index is -1.33. The summed E-state index contributed by atoms with van der Waals surface area (Å²) in [6, 6.07) is 3.26. The fourth-order valence-corrected chi connectivity index (χ4v) is 2.26. The molecule has 1 aromatic heterocycles. The first-order valence-electron chi connectivity index (χ1n) is 6.87. The molecule has 1 unspecified atom stereocenters. The van der Waals surface area contributed by atoms with E-state index in [9.17, 15) is 14.7 Å². The van der Waals surface area contributed by atoms with E-state index in [-0.39, 0.29) is 19.6 Å². The Morgan fingerprint density at radius 2 is 2.33 bits per heavy atom. The molecule has 7 heteroatoms. The van der Waals surface area contributed by atoms with Crippen molar-refractivity contribution in [1.29, 1.82) is 0 Å². The fraction of sp³-hybridized carbons (Fsp3) is 0.500. The van der Waals surface area contributed by atoms with Gasteiger partial charge >= 0.3 is 12.0 Å². The summed E-state index contributed by atoms with van der Waals surface area (Å²) in [4.78, 5) is 27.4. The van der Waals surface area contributed by atoms with Crippen molar-refractivity contribution in [3.63, 3.8) is 0 Å². The lowest BCUT2D eigenvalue weighted by molar-refractivity contribution is -0.144. The molecular weight excluding hydrogens is 274 g/mol. The van der Waals surface area contributed by atoms with Crippen LogP contribution in [0.25, 0.3) is 0 Å². The number of rotatable bonds is 5. The van der Waals surface area contributed by atoms with Gasteiger partial charge in [-0.2, -0.15) is 0 Å². The number of carbonyl (C=O) groups is 2. The summed E-state index contributed by atoms with van der Waals surface area (Å²) in [6.07, 6.45) is 2.75. The lowest BCUT2D eigenvalue weighted by atomic mass is 9.99. The second-order valence-corrected chi connectivity index (χ2v) is 4.96. The van der Waals surface area contributed by atoms with Crippen LogP contribution in [-0.2, 0) is 22.5 Å². The molecule has 114 valence electrons. The van der Waals surface area contributed by atoms with E-state index in [0.29, 0.717) is 6.61 Å². The van der Waals surface area contributed by atoms with E-state index in [1.165, 1.54) is 0 Å². The zero-order chi connectivity index (χ0) is 15.3. The van der Waals surface area contributed by atoms with Crippen LogP contribution in [0.15, 0.2) is 18.3 Å². The first-order valence-corrected chi connectivity index (χ1v) is 6.87. The molecule has 0 aliphatic carbocycles. The number of hydrogen-bond donors (Lipinski definition) is 3. The molecule has 0 saturated carbocycles. The quantitative estimate of drug-likeness (QED) is 0.741. The lowest BCUT2D eigenvalue weighted by Crippen LogP contribution is -2.57. The topological polar surface area (TPSA) is 101 Å². The van der Waals surface area contributed by atoms with Gasteiger partial charge in [0.1, 0.15) is 0 Å². The van der Waals surface area contributed by atoms with Gasteiger partial charge in [-0.05, 0) is 18.1 Å². The Kier molecular flexibility index (Phi) is 4.74. The zero-order valence-electron chi connectivity index (χ0n) is 11.9. The van der Waals surface area contributed by atoms with Crippen LogP contribution >= 0.6 is 0 Å². The van der Waals surface area contributed by atoms with Crippen LogP contribution in [0, 0.1) is 0 Å². The fourth-order valence-electron chi connectivity index (χ4n) is 2.26. The number of carbonyl (C=O) groups excluding carboxylic acids is 1. The molecule has 0 aromatic carbocycles. The van der Waals surface area contributed by atoms with Gasteiger partial charge in [0.05, 0.1) is 18.8 Å². The van der Waals surface area contributed by atoms with E-state index >= 15 is 0 Å². The van der Waals surface area contributed by atoms with Crippen LogP contribution in [0.5, 0.6) is 0 Å². The average molecular weight is 293 g/mol. The number of nitrogens with one attached hydrogen (secondary N) is 2. The number of hydrogen-bond acceptors (Lipinski definition) is 4. The van der Waals surface area contributed by atoms with Crippen molar-refractivity contribution >= 4 is 12.0 Å². The zero-order valence-corrected chi connectivity index (χ0v) is 11.9. The number of aliphatic carboxylic acids is 1. The minimum absolute atomic E-state index is 0.0143. The van der Waals surface area contributed by atoms with E-state index in [0.717, 1.165) is 17.7 Å². The summed E-state index contributed by atoms with van der Waals surface area (Å²) in [5.41, 5.74) is 0.499. The predicted molar refractivity (Wildman–Crippen MR) is 74.8 cm³/mol. The van der Waals surface area contributed by atoms with Crippen molar-refractivity contribution in [2.24, 2.45) is 0 Å². The summed E-state index contributed by atoms with van der Waals surface area (Å²) < 4.78 is 5.09. The van der Waals surface area contributed by atoms with E-state index < -0.39 is 17.5 Å². The minimum Gasteiger partial charge on any atom is -0.479 e. The lowest BCUT2D eigenvalue weighted by Gasteiger charge is -2.23. The maximum absolute atomic E-state index is 11.9. The monoisotopic (exact) mass is 293 g/mol. The maximum Gasteiger partial charge on any atom is 0.332 e. The molecule has 0 spiro atoms. The molecule has 21 heavy (non-hydrogen) atoms. The predicted octanol–water partition coefficient (Wildman–Crippen LogP) is 0.687. The van der Waals surface area contributed by atoms with Crippen LogP contribution in [0.2, 0.25) is 0 Å². The summed E-state index contributed by atoms with van der Waals surface area (Å²) in [7, 11) is 0. The molecule has 3 N–H and O–H groups in total. The van der Waals surface area contributed by atoms with Gasteiger partial charge in [-0.3, -0.25) is 4.98 Å². The van der Waals surface area contributed by atoms with Gasteiger partial charge in [0.25, 0.3) is 0 Å². The van der Waals surface area contributed by atoms with Gasteiger partial charge in [-0.15, -0.1) is 0 Å². The largest absolute Gasteiger partial charge is 0.479 e. The molecule has 0 bridgehead atoms. The van der Waals surface area contributed by atoms with Gasteiger partial charge in [0, 0.05) is 19.2 Å². The normalized spacial score (nSPS) is 21.0. The number of ether oxygens (including phenoxy) is 1. The molecule has 2 rings (SSSR count). The van der Waals surface area contributed by atoms with E-state index in [2.05, 4.69) is 15.6 Å². The van der Waals surface area contributed by atoms with Crippen molar-refractivity contribution in [2.45, 2.75) is 31.8 Å². The summed E-state index contributed by atoms with van der Waals surface area (Å²) in [5, 5.41) is 14.4. The van der Waals surface area contributed by atoms with Gasteiger partial charge in [0.15, 0.2) is 5.54 Å². The van der Waals surface area contributed by atoms with Gasteiger partial charge in [0.2, 0.25) is 0 Å². The van der Waals surface area contributed by atoms with Crippen molar-refractivity contribution in [2.75, 3.05) is 13.2 Å². The molecule has 1 fully saturated rings. The Balaban J connectivity index is 1.94. The number of nitrogens with zero attached hydrogens (tertiary/aromatic N) is 1. The Labute approximate surface area is 122 Å². The molecule has 1 atom stereocenters. The Bertz CT molecular complexity index is 527. The van der Waals surface area contributed by atoms with Gasteiger partial charge < -0.3 is 20.5 Å². The highest BCUT2D eigenvalue weighted by atomic mass is 16.5. The van der Waals surface area contributed by atoms with E-state index in [1.807, 2.05) is 19.1 Å². The van der Waals surface area contributed by atoms with Gasteiger partial charge in [-0.1, -0.05) is 13.0 Å². The van der Waals surface area contributed by atoms with Crippen LogP contribution < -0.4 is 10.6 Å². The van der Waals surface area contributed by atoms with Crippen LogP contribution in [0.4, 0.5) is 4.79 Å². The number of carboxylic acids is 1. The SMILES string of the molecule is CCc1cccnc1CNC(=O)NC1(C(=O)O)CCOC1. The Morgan fingerprint density at radius 3 is 2.95 bits per heavy atom. The highest BCUT2D eigenvalue weighted by molar-refractivity contribution is 5.86. The van der Waals surface area contributed by atoms with Crippen molar-refractivity contribution in [3.05, 3.63) is 29.6 Å². The molecule has 1 aliphatic heterocycles. The third-order valence-electron chi connectivity index (χ3n) is 3.57. The van der Waals surface area contributed by atoms with Crippen molar-refractivity contribution in [1.82, 2.24) is 15.6 Å². The number of carboxylic acid groups (broad SMARTS) is 1. The smallest absolute Gasteiger partial charge is 0.332 e. The molecule has 1 aliphatic rings. The summed E-state index contributed by atoms with van der Waals surface area (Å²) in [6.45, 7) is 2.58. The highest BCUT2D eigenvalue weighted by Gasteiger charge is 2.43. The van der Waals surface area contributed by atoms with Crippen LogP contribution in [0.1, 0.15) is 24.6 Å². The average Bonchev–Trinajstić information content (AvgIpc) is 2.95. The molecule has 2 heterocycles. The van der Waals surface area contributed by atoms with Crippen LogP contribution in [0.3, 0.4) is 0 Å². The van der Waals surface area contributed by atoms with Crippen molar-refractivity contribution in [3.8, 4) is 0 Å². The Hall–Kier alpha value is -2.15. The van der Waals surface area contributed by atoms with E-state index in [4.69, 9.17) is 4.74 Å². The molecule has 1 aromatic rings. The van der Waals surface area contributed by atoms with Gasteiger partial charge in [-0.25, -0.2) is 9.59 Å². The summed E-state index contributed by atoms with van der Waals surface area (Å²) >= 11 is 0. The standard InChI is InChI=1S/C14H19N3O4/c1-2-10-4-3-6-15-11(10)8-16-13(20)17-14(12(18)19)5-7-21-9-14/h3-4,6H,2,5,7-9H2,1H3,(H,18,19)(H2,16,17,20). The number of aromatic nitrogens is 1. The van der Waals surface area contributed by atoms with E-state index in [1.54, 1.807) is 6.20 Å². The summed E-state index contributed by atoms with van der Waals surface area (Å²) in [5.74, 6) is -1.08. The highest BCUT2D eigenvalue weighted by Crippen LogP contribution is 2.18. The number of amides is 2. The second kappa shape index (κ2) is 6.53. The second-order valence-electron chi connectivity index (χ2n) is 4.96. The number of pyridine rings is 1. The molecule has 1 saturated heterocycles. The Morgan fingerprint density at radius 1 is 1.52 bits per heavy atom. The number of urea groups is 1. The molecule has 7 nitrogen and oxygen atoms in total. The molecule has 2 amide bonds. The third-order valence-corrected chi connectivity index (χ3v) is 3.57. The first-order chi connectivity index (χ1) is 10.1. The third kappa shape index (κ3) is 3.49. The maximum atomic E-state index is 11.9. The number of aryl methyl sites for hydroxylation is 1. The van der Waals surface area contributed by atoms with Crippen LogP contribution in [-0.4, -0.2) is 40.8 Å². The first kappa shape index (κ1) is 15.2. The molecule has 0 radical (unpaired) electrons. The van der Waals surface area contributed by atoms with Crippen molar-refractivity contribution < 1.29 is 19.4 Å².